The van der Waals surface area contributed by atoms with E-state index in [0.717, 1.165) is 0 Å². The molecule has 0 radical (unpaired) electrons. The van der Waals surface area contributed by atoms with Gasteiger partial charge in [-0.15, -0.1) is 0 Å². The molecule has 1 amide bonds. The predicted octanol–water partition coefficient (Wildman–Crippen LogP) is 2.66. The van der Waals surface area contributed by atoms with Crippen LogP contribution in [0.1, 0.15) is 42.7 Å². The zero-order chi connectivity index (χ0) is 24.2. The van der Waals surface area contributed by atoms with Gasteiger partial charge in [0.2, 0.25) is 10.0 Å². The molecule has 1 aliphatic heterocycles. The Bertz CT molecular complexity index is 1080. The first-order valence-electron chi connectivity index (χ1n) is 10.5. The lowest BCUT2D eigenvalue weighted by molar-refractivity contribution is -0.124. The summed E-state index contributed by atoms with van der Waals surface area (Å²) in [6.07, 6.45) is -0.426. The molecule has 178 valence electrons. The van der Waals surface area contributed by atoms with E-state index in [9.17, 15) is 22.4 Å². The average Bonchev–Trinajstić information content (AvgIpc) is 2.77. The van der Waals surface area contributed by atoms with Gasteiger partial charge >= 0.3 is 5.97 Å². The number of sulfonamides is 1. The van der Waals surface area contributed by atoms with E-state index in [1.807, 2.05) is 13.8 Å². The third-order valence-corrected chi connectivity index (χ3v) is 7.04. The summed E-state index contributed by atoms with van der Waals surface area (Å²) >= 11 is 0. The van der Waals surface area contributed by atoms with Gasteiger partial charge in [-0.05, 0) is 62.7 Å². The highest BCUT2D eigenvalue weighted by atomic mass is 32.2. The number of rotatable bonds is 7. The van der Waals surface area contributed by atoms with Crippen molar-refractivity contribution < 1.29 is 31.9 Å². The molecular formula is C23H27FN2O6S. The Labute approximate surface area is 192 Å². The zero-order valence-corrected chi connectivity index (χ0v) is 19.5. The van der Waals surface area contributed by atoms with E-state index in [4.69, 9.17) is 9.47 Å². The number of amides is 1. The van der Waals surface area contributed by atoms with Crippen LogP contribution in [0.2, 0.25) is 0 Å². The van der Waals surface area contributed by atoms with Crippen molar-refractivity contribution in [1.29, 1.82) is 0 Å². The molecular weight excluding hydrogens is 451 g/mol. The van der Waals surface area contributed by atoms with Crippen LogP contribution in [0.15, 0.2) is 53.4 Å². The molecule has 0 bridgehead atoms. The van der Waals surface area contributed by atoms with Crippen molar-refractivity contribution in [3.05, 3.63) is 65.5 Å². The summed E-state index contributed by atoms with van der Waals surface area (Å²) in [5, 5.41) is 2.66. The molecule has 3 unspecified atom stereocenters. The van der Waals surface area contributed by atoms with E-state index in [1.54, 1.807) is 19.1 Å². The normalized spacial score (nSPS) is 20.1. The fourth-order valence-corrected chi connectivity index (χ4v) is 5.16. The molecule has 3 atom stereocenters. The molecule has 1 saturated heterocycles. The fourth-order valence-electron chi connectivity index (χ4n) is 3.57. The van der Waals surface area contributed by atoms with Gasteiger partial charge in [0.1, 0.15) is 5.82 Å². The summed E-state index contributed by atoms with van der Waals surface area (Å²) in [4.78, 5) is 24.4. The summed E-state index contributed by atoms with van der Waals surface area (Å²) in [6.45, 7) is 5.35. The fraction of sp³-hybridized carbons (Fsp3) is 0.391. The molecule has 1 N–H and O–H groups in total. The van der Waals surface area contributed by atoms with Gasteiger partial charge in [-0.3, -0.25) is 4.79 Å². The smallest absolute Gasteiger partial charge is 0.338 e. The van der Waals surface area contributed by atoms with Crippen molar-refractivity contribution >= 4 is 21.9 Å². The summed E-state index contributed by atoms with van der Waals surface area (Å²) in [6, 6.07) is 10.7. The van der Waals surface area contributed by atoms with Crippen LogP contribution in [-0.4, -0.2) is 56.5 Å². The van der Waals surface area contributed by atoms with Gasteiger partial charge in [-0.25, -0.2) is 17.6 Å². The van der Waals surface area contributed by atoms with Crippen molar-refractivity contribution in [3.63, 3.8) is 0 Å². The Morgan fingerprint density at radius 2 is 1.67 bits per heavy atom. The number of halogens is 1. The number of hydrogen-bond donors (Lipinski definition) is 1. The molecule has 10 heteroatoms. The average molecular weight is 479 g/mol. The SMILES string of the molecule is CC1CN(S(=O)(=O)c2ccc(C(=O)OCC(=O)NC(C)c3ccc(F)cc3)cc2)CC(C)O1. The summed E-state index contributed by atoms with van der Waals surface area (Å²) in [7, 11) is -3.73. The maximum Gasteiger partial charge on any atom is 0.338 e. The molecule has 3 rings (SSSR count). The van der Waals surface area contributed by atoms with Gasteiger partial charge in [0.05, 0.1) is 28.7 Å². The molecule has 1 heterocycles. The topological polar surface area (TPSA) is 102 Å². The number of hydrogen-bond acceptors (Lipinski definition) is 6. The number of morpholine rings is 1. The molecule has 33 heavy (non-hydrogen) atoms. The third-order valence-electron chi connectivity index (χ3n) is 5.20. The standard InChI is InChI=1S/C23H27FN2O6S/c1-15-12-26(13-16(2)32-15)33(29,30)21-10-6-19(7-11-21)23(28)31-14-22(27)25-17(3)18-4-8-20(24)9-5-18/h4-11,15-17H,12-14H2,1-3H3,(H,25,27). The molecule has 0 saturated carbocycles. The number of benzene rings is 2. The largest absolute Gasteiger partial charge is 0.452 e. The predicted molar refractivity (Wildman–Crippen MR) is 118 cm³/mol. The third kappa shape index (κ3) is 6.37. The number of esters is 1. The van der Waals surface area contributed by atoms with Crippen LogP contribution in [0.5, 0.6) is 0 Å². The first-order chi connectivity index (χ1) is 15.6. The number of nitrogens with one attached hydrogen (secondary N) is 1. The number of carbonyl (C=O) groups excluding carboxylic acids is 2. The Kier molecular flexibility index (Phi) is 7.83. The van der Waals surface area contributed by atoms with Crippen molar-refractivity contribution in [2.24, 2.45) is 0 Å². The minimum absolute atomic E-state index is 0.0613. The van der Waals surface area contributed by atoms with Crippen molar-refractivity contribution in [3.8, 4) is 0 Å². The lowest BCUT2D eigenvalue weighted by atomic mass is 10.1. The lowest BCUT2D eigenvalue weighted by Crippen LogP contribution is -2.48. The number of carbonyl (C=O) groups is 2. The molecule has 2 aromatic rings. The quantitative estimate of drug-likeness (QED) is 0.614. The van der Waals surface area contributed by atoms with E-state index in [2.05, 4.69) is 5.32 Å². The van der Waals surface area contributed by atoms with Crippen molar-refractivity contribution in [2.45, 2.75) is 43.9 Å². The van der Waals surface area contributed by atoms with E-state index < -0.39 is 34.5 Å². The van der Waals surface area contributed by atoms with Crippen LogP contribution in [-0.2, 0) is 24.3 Å². The number of ether oxygens (including phenoxy) is 2. The van der Waals surface area contributed by atoms with Crippen molar-refractivity contribution in [2.75, 3.05) is 19.7 Å². The van der Waals surface area contributed by atoms with Crippen LogP contribution >= 0.6 is 0 Å². The minimum atomic E-state index is -3.73. The van der Waals surface area contributed by atoms with Crippen LogP contribution in [0.3, 0.4) is 0 Å². The maximum atomic E-state index is 13.0. The zero-order valence-electron chi connectivity index (χ0n) is 18.7. The van der Waals surface area contributed by atoms with Gasteiger partial charge in [0.25, 0.3) is 5.91 Å². The van der Waals surface area contributed by atoms with Crippen LogP contribution in [0.4, 0.5) is 4.39 Å². The molecule has 0 aromatic heterocycles. The van der Waals surface area contributed by atoms with E-state index in [0.29, 0.717) is 5.56 Å². The Balaban J connectivity index is 1.55. The molecule has 2 aromatic carbocycles. The number of nitrogens with zero attached hydrogens (tertiary/aromatic N) is 1. The van der Waals surface area contributed by atoms with Gasteiger partial charge < -0.3 is 14.8 Å². The van der Waals surface area contributed by atoms with E-state index in [1.165, 1.54) is 40.7 Å². The van der Waals surface area contributed by atoms with Crippen LogP contribution in [0, 0.1) is 5.82 Å². The monoisotopic (exact) mass is 478 g/mol. The first kappa shape index (κ1) is 24.8. The van der Waals surface area contributed by atoms with Gasteiger partial charge in [-0.2, -0.15) is 4.31 Å². The molecule has 1 aliphatic rings. The van der Waals surface area contributed by atoms with E-state index in [-0.39, 0.29) is 41.6 Å². The lowest BCUT2D eigenvalue weighted by Gasteiger charge is -2.34. The second-order valence-electron chi connectivity index (χ2n) is 8.02. The summed E-state index contributed by atoms with van der Waals surface area (Å²) in [5.41, 5.74) is 0.828. The van der Waals surface area contributed by atoms with Crippen LogP contribution in [0.25, 0.3) is 0 Å². The maximum absolute atomic E-state index is 13.0. The molecule has 8 nitrogen and oxygen atoms in total. The van der Waals surface area contributed by atoms with Crippen molar-refractivity contribution in [1.82, 2.24) is 9.62 Å². The second-order valence-corrected chi connectivity index (χ2v) is 9.96. The summed E-state index contributed by atoms with van der Waals surface area (Å²) in [5.74, 6) is -1.65. The summed E-state index contributed by atoms with van der Waals surface area (Å²) < 4.78 is 50.8. The van der Waals surface area contributed by atoms with Gasteiger partial charge in [0, 0.05) is 13.1 Å². The second kappa shape index (κ2) is 10.4. The minimum Gasteiger partial charge on any atom is -0.452 e. The molecule has 0 aliphatic carbocycles. The van der Waals surface area contributed by atoms with Gasteiger partial charge in [0.15, 0.2) is 6.61 Å². The highest BCUT2D eigenvalue weighted by Crippen LogP contribution is 2.21. The molecule has 1 fully saturated rings. The Hall–Kier alpha value is -2.82. The highest BCUT2D eigenvalue weighted by molar-refractivity contribution is 7.89. The molecule has 0 spiro atoms. The Morgan fingerprint density at radius 1 is 1.09 bits per heavy atom. The van der Waals surface area contributed by atoms with Crippen LogP contribution < -0.4 is 5.32 Å². The van der Waals surface area contributed by atoms with Gasteiger partial charge in [-0.1, -0.05) is 12.1 Å². The Morgan fingerprint density at radius 3 is 2.24 bits per heavy atom. The first-order valence-corrected chi connectivity index (χ1v) is 12.0. The highest BCUT2D eigenvalue weighted by Gasteiger charge is 2.32. The van der Waals surface area contributed by atoms with E-state index >= 15 is 0 Å².